The molecule has 2 rings (SSSR count). The molecule has 1 aliphatic heterocycles. The van der Waals surface area contributed by atoms with E-state index in [-0.39, 0.29) is 0 Å². The van der Waals surface area contributed by atoms with Gasteiger partial charge in [-0.05, 0) is 38.8 Å². The summed E-state index contributed by atoms with van der Waals surface area (Å²) in [7, 11) is 0. The van der Waals surface area contributed by atoms with Gasteiger partial charge in [0.2, 0.25) is 0 Å². The van der Waals surface area contributed by atoms with Crippen molar-refractivity contribution in [3.8, 4) is 0 Å². The molecule has 1 saturated heterocycles. The molecular weight excluding hydrogens is 226 g/mol. The zero-order valence-electron chi connectivity index (χ0n) is 11.4. The van der Waals surface area contributed by atoms with Crippen LogP contribution in [0.3, 0.4) is 0 Å². The minimum absolute atomic E-state index is 0.293. The minimum atomic E-state index is 0.293. The molecule has 1 aromatic heterocycles. The average Bonchev–Trinajstić information content (AvgIpc) is 2.82. The molecule has 1 aromatic rings. The zero-order chi connectivity index (χ0) is 13.0. The SMILES string of the molecule is C=C(C)[C@H]1CC[C@@H](C)O[C@H]1C[NH2+]Cc1ccco1. The van der Waals surface area contributed by atoms with Crippen molar-refractivity contribution in [1.29, 1.82) is 0 Å². The second-order valence-electron chi connectivity index (χ2n) is 5.32. The van der Waals surface area contributed by atoms with E-state index in [1.165, 1.54) is 12.0 Å². The lowest BCUT2D eigenvalue weighted by molar-refractivity contribution is -0.680. The van der Waals surface area contributed by atoms with Crippen LogP contribution in [0, 0.1) is 5.92 Å². The van der Waals surface area contributed by atoms with Gasteiger partial charge in [0.25, 0.3) is 0 Å². The first kappa shape index (κ1) is 13.4. The van der Waals surface area contributed by atoms with E-state index in [0.29, 0.717) is 18.1 Å². The maximum Gasteiger partial charge on any atom is 0.157 e. The quantitative estimate of drug-likeness (QED) is 0.813. The van der Waals surface area contributed by atoms with Crippen LogP contribution in [0.4, 0.5) is 0 Å². The van der Waals surface area contributed by atoms with Gasteiger partial charge in [-0.3, -0.25) is 0 Å². The molecule has 0 radical (unpaired) electrons. The molecule has 0 bridgehead atoms. The summed E-state index contributed by atoms with van der Waals surface area (Å²) in [4.78, 5) is 0. The predicted molar refractivity (Wildman–Crippen MR) is 71.1 cm³/mol. The van der Waals surface area contributed by atoms with Gasteiger partial charge in [0, 0.05) is 5.92 Å². The van der Waals surface area contributed by atoms with E-state index >= 15 is 0 Å². The smallest absolute Gasteiger partial charge is 0.157 e. The number of rotatable bonds is 5. The van der Waals surface area contributed by atoms with E-state index in [1.54, 1.807) is 6.26 Å². The molecule has 3 nitrogen and oxygen atoms in total. The zero-order valence-corrected chi connectivity index (χ0v) is 11.4. The van der Waals surface area contributed by atoms with E-state index in [1.807, 2.05) is 12.1 Å². The number of hydrogen-bond acceptors (Lipinski definition) is 2. The van der Waals surface area contributed by atoms with Gasteiger partial charge in [-0.25, -0.2) is 0 Å². The molecule has 1 fully saturated rings. The summed E-state index contributed by atoms with van der Waals surface area (Å²) in [5.74, 6) is 1.53. The van der Waals surface area contributed by atoms with Crippen molar-refractivity contribution in [3.63, 3.8) is 0 Å². The summed E-state index contributed by atoms with van der Waals surface area (Å²) < 4.78 is 11.4. The average molecular weight is 250 g/mol. The second kappa shape index (κ2) is 6.21. The lowest BCUT2D eigenvalue weighted by Crippen LogP contribution is -2.85. The van der Waals surface area contributed by atoms with Gasteiger partial charge < -0.3 is 14.5 Å². The molecule has 3 atom stereocenters. The maximum absolute atomic E-state index is 6.06. The summed E-state index contributed by atoms with van der Waals surface area (Å²) in [6.07, 6.45) is 4.74. The third kappa shape index (κ3) is 3.47. The summed E-state index contributed by atoms with van der Waals surface area (Å²) in [6, 6.07) is 3.94. The van der Waals surface area contributed by atoms with Crippen LogP contribution >= 0.6 is 0 Å². The fourth-order valence-corrected chi connectivity index (χ4v) is 2.66. The number of hydrogen-bond donors (Lipinski definition) is 1. The van der Waals surface area contributed by atoms with Crippen molar-refractivity contribution in [2.75, 3.05) is 6.54 Å². The molecule has 0 aromatic carbocycles. The fraction of sp³-hybridized carbons (Fsp3) is 0.600. The van der Waals surface area contributed by atoms with Crippen LogP contribution in [0.15, 0.2) is 35.0 Å². The van der Waals surface area contributed by atoms with Gasteiger partial charge in [0.05, 0.1) is 12.4 Å². The highest BCUT2D eigenvalue weighted by molar-refractivity contribution is 5.01. The molecular formula is C15H24NO2+. The maximum atomic E-state index is 6.06. The Kier molecular flexibility index (Phi) is 4.61. The van der Waals surface area contributed by atoms with E-state index in [4.69, 9.17) is 9.15 Å². The summed E-state index contributed by atoms with van der Waals surface area (Å²) in [5.41, 5.74) is 1.25. The molecule has 0 saturated carbocycles. The van der Waals surface area contributed by atoms with Crippen LogP contribution in [0.5, 0.6) is 0 Å². The van der Waals surface area contributed by atoms with Crippen molar-refractivity contribution in [2.24, 2.45) is 5.92 Å². The van der Waals surface area contributed by atoms with E-state index in [0.717, 1.165) is 25.3 Å². The largest absolute Gasteiger partial charge is 0.463 e. The second-order valence-corrected chi connectivity index (χ2v) is 5.32. The summed E-state index contributed by atoms with van der Waals surface area (Å²) >= 11 is 0. The fourth-order valence-electron chi connectivity index (χ4n) is 2.66. The number of quaternary nitrogens is 1. The Morgan fingerprint density at radius 1 is 1.50 bits per heavy atom. The minimum Gasteiger partial charge on any atom is -0.463 e. The molecule has 0 spiro atoms. The molecule has 2 heterocycles. The van der Waals surface area contributed by atoms with Gasteiger partial charge in [-0.1, -0.05) is 12.2 Å². The Morgan fingerprint density at radius 2 is 2.33 bits per heavy atom. The first-order chi connectivity index (χ1) is 8.66. The van der Waals surface area contributed by atoms with Gasteiger partial charge in [-0.15, -0.1) is 0 Å². The standard InChI is InChI=1S/C15H23NO2/c1-11(2)14-7-6-12(3)18-15(14)10-16-9-13-5-4-8-17-13/h4-5,8,12,14-16H,1,6-7,9-10H2,2-3H3/p+1/t12-,14-,15+/m1/s1. The van der Waals surface area contributed by atoms with Gasteiger partial charge >= 0.3 is 0 Å². The summed E-state index contributed by atoms with van der Waals surface area (Å²) in [6.45, 7) is 10.2. The molecule has 1 aliphatic rings. The topological polar surface area (TPSA) is 39.0 Å². The summed E-state index contributed by atoms with van der Waals surface area (Å²) in [5, 5.41) is 2.26. The Balaban J connectivity index is 1.82. The number of furan rings is 1. The normalized spacial score (nSPS) is 28.2. The Bertz CT molecular complexity index is 372. The molecule has 3 heteroatoms. The highest BCUT2D eigenvalue weighted by Crippen LogP contribution is 2.28. The van der Waals surface area contributed by atoms with Gasteiger partial charge in [0.1, 0.15) is 19.2 Å². The van der Waals surface area contributed by atoms with Gasteiger partial charge in [-0.2, -0.15) is 0 Å². The number of nitrogens with two attached hydrogens (primary N) is 1. The first-order valence-electron chi connectivity index (χ1n) is 6.81. The lowest BCUT2D eigenvalue weighted by atomic mass is 9.87. The Hall–Kier alpha value is -1.06. The predicted octanol–water partition coefficient (Wildman–Crippen LogP) is 2.10. The van der Waals surface area contributed by atoms with Crippen molar-refractivity contribution < 1.29 is 14.5 Å². The number of ether oxygens (including phenoxy) is 1. The Morgan fingerprint density at radius 3 is 3.00 bits per heavy atom. The van der Waals surface area contributed by atoms with E-state index in [2.05, 4.69) is 25.7 Å². The third-order valence-electron chi connectivity index (χ3n) is 3.70. The lowest BCUT2D eigenvalue weighted by Gasteiger charge is -2.34. The van der Waals surface area contributed by atoms with Crippen molar-refractivity contribution in [3.05, 3.63) is 36.3 Å². The molecule has 100 valence electrons. The van der Waals surface area contributed by atoms with E-state index < -0.39 is 0 Å². The van der Waals surface area contributed by atoms with Crippen LogP contribution in [-0.4, -0.2) is 18.8 Å². The van der Waals surface area contributed by atoms with Crippen LogP contribution < -0.4 is 5.32 Å². The highest BCUT2D eigenvalue weighted by Gasteiger charge is 2.30. The Labute approximate surface area is 109 Å². The van der Waals surface area contributed by atoms with Crippen molar-refractivity contribution >= 4 is 0 Å². The van der Waals surface area contributed by atoms with Gasteiger partial charge in [0.15, 0.2) is 5.76 Å². The van der Waals surface area contributed by atoms with E-state index in [9.17, 15) is 0 Å². The molecule has 0 unspecified atom stereocenters. The van der Waals surface area contributed by atoms with Crippen LogP contribution in [0.1, 0.15) is 32.4 Å². The monoisotopic (exact) mass is 250 g/mol. The van der Waals surface area contributed by atoms with Crippen molar-refractivity contribution in [2.45, 2.75) is 45.4 Å². The first-order valence-corrected chi connectivity index (χ1v) is 6.81. The van der Waals surface area contributed by atoms with Crippen LogP contribution in [-0.2, 0) is 11.3 Å². The third-order valence-corrected chi connectivity index (χ3v) is 3.70. The van der Waals surface area contributed by atoms with Crippen LogP contribution in [0.2, 0.25) is 0 Å². The molecule has 18 heavy (non-hydrogen) atoms. The molecule has 2 N–H and O–H groups in total. The van der Waals surface area contributed by atoms with Crippen LogP contribution in [0.25, 0.3) is 0 Å². The highest BCUT2D eigenvalue weighted by atomic mass is 16.5. The van der Waals surface area contributed by atoms with Crippen molar-refractivity contribution in [1.82, 2.24) is 0 Å². The molecule has 0 aliphatic carbocycles. The molecule has 0 amide bonds.